The zero-order valence-corrected chi connectivity index (χ0v) is 11.7. The molecule has 0 saturated heterocycles. The molecule has 1 aromatic heterocycles. The first kappa shape index (κ1) is 15.4. The van der Waals surface area contributed by atoms with Gasteiger partial charge in [-0.15, -0.1) is 0 Å². The third-order valence-corrected chi connectivity index (χ3v) is 3.46. The van der Waals surface area contributed by atoms with Crippen LogP contribution < -0.4 is 10.3 Å². The van der Waals surface area contributed by atoms with E-state index in [4.69, 9.17) is 4.74 Å². The number of methoxy groups -OCH3 is 1. The molecule has 1 heterocycles. The number of rotatable bonds is 4. The highest BCUT2D eigenvalue weighted by atomic mass is 32.2. The Labute approximate surface area is 122 Å². The van der Waals surface area contributed by atoms with Crippen molar-refractivity contribution in [3.8, 4) is 5.75 Å². The van der Waals surface area contributed by atoms with Crippen molar-refractivity contribution in [2.24, 2.45) is 0 Å². The molecular weight excluding hydrogens is 305 g/mol. The van der Waals surface area contributed by atoms with E-state index in [0.29, 0.717) is 17.6 Å². The average molecular weight is 316 g/mol. The first-order chi connectivity index (χ1) is 9.88. The van der Waals surface area contributed by atoms with Gasteiger partial charge in [-0.3, -0.25) is 4.79 Å². The zero-order valence-electron chi connectivity index (χ0n) is 10.9. The summed E-state index contributed by atoms with van der Waals surface area (Å²) in [5.41, 5.74) is -1.18. The summed E-state index contributed by atoms with van der Waals surface area (Å²) >= 11 is 1.01. The van der Waals surface area contributed by atoms with E-state index in [2.05, 4.69) is 9.97 Å². The zero-order chi connectivity index (χ0) is 15.5. The Balaban J connectivity index is 2.16. The van der Waals surface area contributed by atoms with E-state index in [9.17, 15) is 18.0 Å². The SMILES string of the molecule is COc1cccc(CSc2nc(C(F)(F)F)cc(=O)[nH]2)c1. The predicted octanol–water partition coefficient (Wildman–Crippen LogP) is 3.09. The molecule has 2 rings (SSSR count). The van der Waals surface area contributed by atoms with Gasteiger partial charge in [-0.25, -0.2) is 4.98 Å². The summed E-state index contributed by atoms with van der Waals surface area (Å²) in [6.45, 7) is 0. The maximum Gasteiger partial charge on any atom is 0.433 e. The monoisotopic (exact) mass is 316 g/mol. The lowest BCUT2D eigenvalue weighted by molar-refractivity contribution is -0.141. The van der Waals surface area contributed by atoms with Crippen molar-refractivity contribution in [3.63, 3.8) is 0 Å². The quantitative estimate of drug-likeness (QED) is 0.696. The summed E-state index contributed by atoms with van der Waals surface area (Å²) in [4.78, 5) is 16.9. The van der Waals surface area contributed by atoms with E-state index in [1.165, 1.54) is 7.11 Å². The number of nitrogens with one attached hydrogen (secondary N) is 1. The number of aromatic amines is 1. The molecule has 112 valence electrons. The third kappa shape index (κ3) is 4.25. The number of alkyl halides is 3. The van der Waals surface area contributed by atoms with Gasteiger partial charge in [0.25, 0.3) is 5.56 Å². The lowest BCUT2D eigenvalue weighted by atomic mass is 10.2. The van der Waals surface area contributed by atoms with Gasteiger partial charge in [0.1, 0.15) is 5.75 Å². The Morgan fingerprint density at radius 2 is 2.10 bits per heavy atom. The normalized spacial score (nSPS) is 11.4. The first-order valence-corrected chi connectivity index (χ1v) is 6.81. The van der Waals surface area contributed by atoms with Gasteiger partial charge < -0.3 is 9.72 Å². The molecule has 1 N–H and O–H groups in total. The maximum absolute atomic E-state index is 12.6. The molecule has 0 saturated carbocycles. The smallest absolute Gasteiger partial charge is 0.433 e. The molecule has 21 heavy (non-hydrogen) atoms. The first-order valence-electron chi connectivity index (χ1n) is 5.83. The van der Waals surface area contributed by atoms with Crippen LogP contribution in [0.15, 0.2) is 40.3 Å². The Morgan fingerprint density at radius 3 is 2.76 bits per heavy atom. The Bertz CT molecular complexity index is 686. The van der Waals surface area contributed by atoms with Crippen LogP contribution in [0, 0.1) is 0 Å². The topological polar surface area (TPSA) is 55.0 Å². The summed E-state index contributed by atoms with van der Waals surface area (Å²) in [7, 11) is 1.53. The Hall–Kier alpha value is -1.96. The fourth-order valence-electron chi connectivity index (χ4n) is 1.56. The van der Waals surface area contributed by atoms with E-state index in [-0.39, 0.29) is 5.16 Å². The number of H-pyrrole nitrogens is 1. The van der Waals surface area contributed by atoms with E-state index < -0.39 is 17.4 Å². The Morgan fingerprint density at radius 1 is 1.33 bits per heavy atom. The van der Waals surface area contributed by atoms with Crippen LogP contribution in [-0.2, 0) is 11.9 Å². The van der Waals surface area contributed by atoms with Gasteiger partial charge in [0.15, 0.2) is 10.9 Å². The van der Waals surface area contributed by atoms with Crippen molar-refractivity contribution in [1.29, 1.82) is 0 Å². The molecule has 0 aliphatic heterocycles. The fourth-order valence-corrected chi connectivity index (χ4v) is 2.38. The third-order valence-electron chi connectivity index (χ3n) is 2.52. The molecular formula is C13H11F3N2O2S. The minimum absolute atomic E-state index is 0.0716. The van der Waals surface area contributed by atoms with Gasteiger partial charge in [0.05, 0.1) is 7.11 Å². The number of hydrogen-bond donors (Lipinski definition) is 1. The lowest BCUT2D eigenvalue weighted by Crippen LogP contribution is -2.16. The van der Waals surface area contributed by atoms with E-state index in [1.807, 2.05) is 0 Å². The van der Waals surface area contributed by atoms with Gasteiger partial charge in [-0.2, -0.15) is 13.2 Å². The molecule has 4 nitrogen and oxygen atoms in total. The summed E-state index contributed by atoms with van der Waals surface area (Å²) < 4.78 is 42.8. The molecule has 0 atom stereocenters. The number of ether oxygens (including phenoxy) is 1. The van der Waals surface area contributed by atoms with Crippen molar-refractivity contribution in [1.82, 2.24) is 9.97 Å². The summed E-state index contributed by atoms with van der Waals surface area (Å²) in [5.74, 6) is 1.01. The minimum atomic E-state index is -4.64. The predicted molar refractivity (Wildman–Crippen MR) is 72.4 cm³/mol. The second kappa shape index (κ2) is 6.21. The molecule has 0 unspecified atom stereocenters. The van der Waals surface area contributed by atoms with Crippen LogP contribution in [0.3, 0.4) is 0 Å². The van der Waals surface area contributed by atoms with Crippen LogP contribution in [0.2, 0.25) is 0 Å². The van der Waals surface area contributed by atoms with Crippen molar-refractivity contribution in [2.45, 2.75) is 17.1 Å². The molecule has 0 spiro atoms. The number of thioether (sulfide) groups is 1. The number of nitrogens with zero attached hydrogens (tertiary/aromatic N) is 1. The highest BCUT2D eigenvalue weighted by Gasteiger charge is 2.33. The molecule has 2 aromatic rings. The van der Waals surface area contributed by atoms with Crippen molar-refractivity contribution in [2.75, 3.05) is 7.11 Å². The minimum Gasteiger partial charge on any atom is -0.497 e. The van der Waals surface area contributed by atoms with Gasteiger partial charge in [-0.05, 0) is 17.7 Å². The standard InChI is InChI=1S/C13H11F3N2O2S/c1-20-9-4-2-3-8(5-9)7-21-12-17-10(13(14,15)16)6-11(19)18-12/h2-6H,7H2,1H3,(H,17,18,19). The number of hydrogen-bond acceptors (Lipinski definition) is 4. The van der Waals surface area contributed by atoms with Crippen molar-refractivity contribution in [3.05, 3.63) is 51.9 Å². The number of halogens is 3. The lowest BCUT2D eigenvalue weighted by Gasteiger charge is -2.07. The fraction of sp³-hybridized carbons (Fsp3) is 0.231. The van der Waals surface area contributed by atoms with Gasteiger partial charge >= 0.3 is 6.18 Å². The van der Waals surface area contributed by atoms with Gasteiger partial charge in [0.2, 0.25) is 0 Å². The van der Waals surface area contributed by atoms with Crippen LogP contribution in [0.1, 0.15) is 11.3 Å². The number of aromatic nitrogens is 2. The van der Waals surface area contributed by atoms with Crippen molar-refractivity contribution < 1.29 is 17.9 Å². The summed E-state index contributed by atoms with van der Waals surface area (Å²) in [5, 5.41) is -0.0716. The van der Waals surface area contributed by atoms with E-state index in [0.717, 1.165) is 17.3 Å². The average Bonchev–Trinajstić information content (AvgIpc) is 2.44. The largest absolute Gasteiger partial charge is 0.497 e. The molecule has 0 bridgehead atoms. The maximum atomic E-state index is 12.6. The van der Waals surface area contributed by atoms with Crippen LogP contribution in [0.25, 0.3) is 0 Å². The highest BCUT2D eigenvalue weighted by Crippen LogP contribution is 2.28. The number of benzene rings is 1. The molecule has 0 aliphatic rings. The van der Waals surface area contributed by atoms with Gasteiger partial charge in [-0.1, -0.05) is 23.9 Å². The van der Waals surface area contributed by atoms with Crippen LogP contribution >= 0.6 is 11.8 Å². The molecule has 8 heteroatoms. The van der Waals surface area contributed by atoms with Crippen LogP contribution in [0.4, 0.5) is 13.2 Å². The molecule has 0 radical (unpaired) electrons. The second-order valence-electron chi connectivity index (χ2n) is 4.07. The molecule has 0 amide bonds. The van der Waals surface area contributed by atoms with Crippen LogP contribution in [-0.4, -0.2) is 17.1 Å². The highest BCUT2D eigenvalue weighted by molar-refractivity contribution is 7.98. The van der Waals surface area contributed by atoms with E-state index >= 15 is 0 Å². The molecule has 1 aromatic carbocycles. The van der Waals surface area contributed by atoms with Gasteiger partial charge in [0, 0.05) is 11.8 Å². The summed E-state index contributed by atoms with van der Waals surface area (Å²) in [6.07, 6.45) is -4.64. The van der Waals surface area contributed by atoms with Crippen molar-refractivity contribution >= 4 is 11.8 Å². The molecule has 0 fully saturated rings. The van der Waals surface area contributed by atoms with E-state index in [1.54, 1.807) is 24.3 Å². The van der Waals surface area contributed by atoms with Crippen LogP contribution in [0.5, 0.6) is 5.75 Å². The Kier molecular flexibility index (Phi) is 4.56. The molecule has 0 aliphatic carbocycles. The summed E-state index contributed by atoms with van der Waals surface area (Å²) in [6, 6.07) is 7.55. The second-order valence-corrected chi connectivity index (χ2v) is 5.04.